The molecule has 4 heteroatoms. The van der Waals surface area contributed by atoms with Gasteiger partial charge in [-0.15, -0.1) is 0 Å². The van der Waals surface area contributed by atoms with Crippen molar-refractivity contribution in [1.82, 2.24) is 0 Å². The van der Waals surface area contributed by atoms with E-state index in [0.29, 0.717) is 5.75 Å². The van der Waals surface area contributed by atoms with E-state index < -0.39 is 12.4 Å². The summed E-state index contributed by atoms with van der Waals surface area (Å²) in [6.07, 6.45) is -1.11. The Kier molecular flexibility index (Phi) is 6.45. The lowest BCUT2D eigenvalue weighted by Crippen LogP contribution is -2.37. The third-order valence-corrected chi connectivity index (χ3v) is 4.12. The summed E-state index contributed by atoms with van der Waals surface area (Å²) in [4.78, 5) is 14.3. The van der Waals surface area contributed by atoms with E-state index in [9.17, 15) is 4.79 Å². The van der Waals surface area contributed by atoms with Crippen molar-refractivity contribution in [2.75, 3.05) is 11.4 Å². The van der Waals surface area contributed by atoms with E-state index in [4.69, 9.17) is 9.47 Å². The zero-order valence-corrected chi connectivity index (χ0v) is 15.7. The first-order valence-electron chi connectivity index (χ1n) is 8.73. The van der Waals surface area contributed by atoms with Crippen LogP contribution in [0.4, 0.5) is 10.5 Å². The zero-order valence-electron chi connectivity index (χ0n) is 15.7. The van der Waals surface area contributed by atoms with Crippen molar-refractivity contribution < 1.29 is 14.3 Å². The fourth-order valence-electron chi connectivity index (χ4n) is 2.79. The van der Waals surface area contributed by atoms with Crippen LogP contribution in [0, 0.1) is 6.92 Å². The fourth-order valence-corrected chi connectivity index (χ4v) is 2.79. The van der Waals surface area contributed by atoms with E-state index in [1.165, 1.54) is 0 Å². The molecule has 2 rings (SSSR count). The lowest BCUT2D eigenvalue weighted by molar-refractivity contribution is 0.0642. The Morgan fingerprint density at radius 2 is 1.76 bits per heavy atom. The van der Waals surface area contributed by atoms with Crippen molar-refractivity contribution in [3.63, 3.8) is 0 Å². The summed E-state index contributed by atoms with van der Waals surface area (Å²) in [6, 6.07) is 15.8. The van der Waals surface area contributed by atoms with Gasteiger partial charge < -0.3 is 14.4 Å². The van der Waals surface area contributed by atoms with Gasteiger partial charge in [0.25, 0.3) is 0 Å². The molecule has 0 aromatic heterocycles. The Hall–Kier alpha value is -2.49. The summed E-state index contributed by atoms with van der Waals surface area (Å²) in [6.45, 7) is 10.7. The van der Waals surface area contributed by atoms with Crippen LogP contribution in [0.15, 0.2) is 48.5 Å². The molecule has 0 spiro atoms. The molecule has 1 atom stereocenters. The molecule has 0 bridgehead atoms. The largest absolute Gasteiger partial charge is 0.515 e. The van der Waals surface area contributed by atoms with E-state index >= 15 is 0 Å². The molecule has 2 aromatic rings. The molecule has 0 saturated carbocycles. The Morgan fingerprint density at radius 1 is 1.08 bits per heavy atom. The van der Waals surface area contributed by atoms with Crippen LogP contribution in [-0.4, -0.2) is 18.9 Å². The summed E-state index contributed by atoms with van der Waals surface area (Å²) in [5.41, 5.74) is 3.04. The summed E-state index contributed by atoms with van der Waals surface area (Å²) in [5.74, 6) is 0.826. The Balaban J connectivity index is 2.08. The number of nitrogens with zero attached hydrogens (tertiary/aromatic N) is 1. The molecule has 2 aromatic carbocycles. The van der Waals surface area contributed by atoms with E-state index in [1.807, 2.05) is 74.2 Å². The monoisotopic (exact) mass is 341 g/mol. The van der Waals surface area contributed by atoms with Gasteiger partial charge in [-0.2, -0.15) is 0 Å². The summed E-state index contributed by atoms with van der Waals surface area (Å²) in [7, 11) is 0. The Labute approximate surface area is 150 Å². The van der Waals surface area contributed by atoms with Crippen molar-refractivity contribution in [2.24, 2.45) is 0 Å². The van der Waals surface area contributed by atoms with Gasteiger partial charge in [0.2, 0.25) is 0 Å². The third kappa shape index (κ3) is 4.99. The molecule has 0 amide bonds. The first-order chi connectivity index (χ1) is 11.9. The first kappa shape index (κ1) is 18.8. The zero-order chi connectivity index (χ0) is 18.4. The quantitative estimate of drug-likeness (QED) is 0.395. The highest BCUT2D eigenvalue weighted by atomic mass is 16.7. The number of para-hydroxylation sites is 1. The van der Waals surface area contributed by atoms with Gasteiger partial charge in [-0.05, 0) is 56.0 Å². The topological polar surface area (TPSA) is 38.8 Å². The minimum atomic E-state index is -0.686. The van der Waals surface area contributed by atoms with E-state index in [2.05, 4.69) is 13.8 Å². The fraction of sp³-hybridized carbons (Fsp3) is 0.381. The highest BCUT2D eigenvalue weighted by Crippen LogP contribution is 2.28. The van der Waals surface area contributed by atoms with Crippen molar-refractivity contribution in [3.05, 3.63) is 59.7 Å². The lowest BCUT2D eigenvalue weighted by Gasteiger charge is -2.29. The normalized spacial score (nSPS) is 11.9. The molecule has 1 unspecified atom stereocenters. The maximum absolute atomic E-state index is 12.3. The van der Waals surface area contributed by atoms with Gasteiger partial charge in [0, 0.05) is 12.2 Å². The molecule has 0 fully saturated rings. The molecule has 0 N–H and O–H groups in total. The smallest absolute Gasteiger partial charge is 0.410 e. The molecule has 0 aliphatic carbocycles. The van der Waals surface area contributed by atoms with Crippen LogP contribution < -0.4 is 9.64 Å². The van der Waals surface area contributed by atoms with Crippen molar-refractivity contribution in [3.8, 4) is 5.75 Å². The molecule has 0 saturated heterocycles. The minimum Gasteiger partial charge on any atom is -0.410 e. The maximum atomic E-state index is 12.3. The SMILES string of the molecule is CCN(c1ccccc1)C(C)OC(=O)Oc1cc(C)ccc1C(C)C. The third-order valence-electron chi connectivity index (χ3n) is 4.12. The van der Waals surface area contributed by atoms with Crippen LogP contribution in [0.5, 0.6) is 5.75 Å². The summed E-state index contributed by atoms with van der Waals surface area (Å²) < 4.78 is 11.0. The van der Waals surface area contributed by atoms with Crippen LogP contribution in [0.1, 0.15) is 44.7 Å². The molecule has 0 radical (unpaired) electrons. The molecule has 25 heavy (non-hydrogen) atoms. The maximum Gasteiger partial charge on any atom is 0.515 e. The molecular formula is C21H27NO3. The van der Waals surface area contributed by atoms with Crippen LogP contribution in [0.2, 0.25) is 0 Å². The Bertz CT molecular complexity index is 698. The highest BCUT2D eigenvalue weighted by molar-refractivity contribution is 5.65. The van der Waals surface area contributed by atoms with Crippen LogP contribution in [-0.2, 0) is 4.74 Å². The van der Waals surface area contributed by atoms with Gasteiger partial charge >= 0.3 is 6.16 Å². The molecule has 4 nitrogen and oxygen atoms in total. The van der Waals surface area contributed by atoms with Gasteiger partial charge in [0.1, 0.15) is 5.75 Å². The van der Waals surface area contributed by atoms with E-state index in [-0.39, 0.29) is 5.92 Å². The number of carbonyl (C=O) groups is 1. The van der Waals surface area contributed by atoms with Gasteiger partial charge in [-0.25, -0.2) is 4.79 Å². The lowest BCUT2D eigenvalue weighted by atomic mass is 10.0. The van der Waals surface area contributed by atoms with Gasteiger partial charge in [-0.3, -0.25) is 0 Å². The number of hydrogen-bond acceptors (Lipinski definition) is 4. The minimum absolute atomic E-state index is 0.261. The number of rotatable bonds is 6. The van der Waals surface area contributed by atoms with Crippen LogP contribution in [0.3, 0.4) is 0 Å². The van der Waals surface area contributed by atoms with Crippen molar-refractivity contribution >= 4 is 11.8 Å². The van der Waals surface area contributed by atoms with Crippen molar-refractivity contribution in [2.45, 2.75) is 46.8 Å². The van der Waals surface area contributed by atoms with E-state index in [1.54, 1.807) is 0 Å². The molecule has 134 valence electrons. The average molecular weight is 341 g/mol. The molecular weight excluding hydrogens is 314 g/mol. The number of carbonyl (C=O) groups excluding carboxylic acids is 1. The number of hydrogen-bond donors (Lipinski definition) is 0. The summed E-state index contributed by atoms with van der Waals surface area (Å²) in [5, 5.41) is 0. The van der Waals surface area contributed by atoms with Gasteiger partial charge in [-0.1, -0.05) is 44.2 Å². The highest BCUT2D eigenvalue weighted by Gasteiger charge is 2.20. The number of ether oxygens (including phenoxy) is 2. The first-order valence-corrected chi connectivity index (χ1v) is 8.73. The molecule has 0 aliphatic rings. The summed E-state index contributed by atoms with van der Waals surface area (Å²) >= 11 is 0. The molecule has 0 aliphatic heterocycles. The Morgan fingerprint density at radius 3 is 2.36 bits per heavy atom. The second-order valence-corrected chi connectivity index (χ2v) is 6.39. The number of benzene rings is 2. The molecule has 0 heterocycles. The number of anilines is 1. The van der Waals surface area contributed by atoms with E-state index in [0.717, 1.165) is 23.4 Å². The number of aryl methyl sites for hydroxylation is 1. The average Bonchev–Trinajstić information content (AvgIpc) is 2.56. The predicted molar refractivity (Wildman–Crippen MR) is 101 cm³/mol. The standard InChI is InChI=1S/C21H27NO3/c1-6-22(18-10-8-7-9-11-18)17(5)24-21(23)25-20-14-16(4)12-13-19(20)15(2)3/h7-15,17H,6H2,1-5H3. The second-order valence-electron chi connectivity index (χ2n) is 6.39. The van der Waals surface area contributed by atoms with Gasteiger partial charge in [0.05, 0.1) is 0 Å². The van der Waals surface area contributed by atoms with Gasteiger partial charge in [0.15, 0.2) is 6.23 Å². The van der Waals surface area contributed by atoms with Crippen LogP contribution >= 0.6 is 0 Å². The predicted octanol–water partition coefficient (Wildman–Crippen LogP) is 5.51. The van der Waals surface area contributed by atoms with Crippen molar-refractivity contribution in [1.29, 1.82) is 0 Å². The van der Waals surface area contributed by atoms with Crippen LogP contribution in [0.25, 0.3) is 0 Å². The second kappa shape index (κ2) is 8.56.